The van der Waals surface area contributed by atoms with Crippen LogP contribution < -0.4 is 0 Å². The highest BCUT2D eigenvalue weighted by Crippen LogP contribution is 2.22. The lowest BCUT2D eigenvalue weighted by atomic mass is 10.1. The molecule has 0 aromatic heterocycles. The summed E-state index contributed by atoms with van der Waals surface area (Å²) < 4.78 is 11.3. The van der Waals surface area contributed by atoms with Gasteiger partial charge in [0, 0.05) is 4.91 Å². The molecule has 66 valence electrons. The summed E-state index contributed by atoms with van der Waals surface area (Å²) in [5, 5.41) is 0. The van der Waals surface area contributed by atoms with Gasteiger partial charge in [0.15, 0.2) is 0 Å². The van der Waals surface area contributed by atoms with Crippen LogP contribution in [0.5, 0.6) is 0 Å². The molecule has 12 heavy (non-hydrogen) atoms. The predicted molar refractivity (Wildman–Crippen MR) is 56.7 cm³/mol. The SMILES string of the molecule is C=S(=O)(Cl)C1=C/C(=C\C)CC=C1. The van der Waals surface area contributed by atoms with Crippen molar-refractivity contribution in [3.63, 3.8) is 0 Å². The van der Waals surface area contributed by atoms with Crippen LogP contribution in [0.2, 0.25) is 0 Å². The van der Waals surface area contributed by atoms with Gasteiger partial charge in [-0.05, 0) is 47.6 Å². The Kier molecular flexibility index (Phi) is 2.80. The van der Waals surface area contributed by atoms with E-state index in [1.54, 1.807) is 6.08 Å². The molecule has 0 heterocycles. The molecular weight excluding hydrogens is 192 g/mol. The first-order valence-corrected chi connectivity index (χ1v) is 6.19. The van der Waals surface area contributed by atoms with Crippen molar-refractivity contribution in [2.45, 2.75) is 13.3 Å². The van der Waals surface area contributed by atoms with Gasteiger partial charge in [-0.25, -0.2) is 4.21 Å². The first-order chi connectivity index (χ1) is 5.54. The van der Waals surface area contributed by atoms with E-state index in [9.17, 15) is 4.21 Å². The van der Waals surface area contributed by atoms with Crippen LogP contribution in [0.3, 0.4) is 0 Å². The monoisotopic (exact) mass is 202 g/mol. The molecule has 0 fully saturated rings. The Hall–Kier alpha value is -0.470. The second-order valence-electron chi connectivity index (χ2n) is 2.61. The third-order valence-electron chi connectivity index (χ3n) is 1.69. The van der Waals surface area contributed by atoms with E-state index in [4.69, 9.17) is 10.7 Å². The Bertz CT molecular complexity index is 358. The van der Waals surface area contributed by atoms with Gasteiger partial charge in [-0.2, -0.15) is 0 Å². The molecule has 0 amide bonds. The Morgan fingerprint density at radius 2 is 2.42 bits per heavy atom. The largest absolute Gasteiger partial charge is 0.248 e. The van der Waals surface area contributed by atoms with E-state index in [1.807, 2.05) is 25.2 Å². The second-order valence-corrected chi connectivity index (χ2v) is 5.77. The topological polar surface area (TPSA) is 17.1 Å². The smallest absolute Gasteiger partial charge is 0.0759 e. The molecule has 1 rings (SSSR count). The van der Waals surface area contributed by atoms with Gasteiger partial charge < -0.3 is 0 Å². The summed E-state index contributed by atoms with van der Waals surface area (Å²) in [5.41, 5.74) is 1.13. The van der Waals surface area contributed by atoms with E-state index in [0.29, 0.717) is 4.91 Å². The summed E-state index contributed by atoms with van der Waals surface area (Å²) in [5.74, 6) is 3.41. The molecule has 1 aliphatic carbocycles. The van der Waals surface area contributed by atoms with E-state index in [0.717, 1.165) is 12.0 Å². The second kappa shape index (κ2) is 3.50. The molecule has 1 unspecified atom stereocenters. The molecule has 0 radical (unpaired) electrons. The van der Waals surface area contributed by atoms with Crippen LogP contribution in [-0.2, 0) is 8.74 Å². The summed E-state index contributed by atoms with van der Waals surface area (Å²) in [6.45, 7) is 1.95. The van der Waals surface area contributed by atoms with Crippen molar-refractivity contribution in [3.05, 3.63) is 34.8 Å². The van der Waals surface area contributed by atoms with Crippen LogP contribution in [0.1, 0.15) is 13.3 Å². The van der Waals surface area contributed by atoms with Gasteiger partial charge in [0.05, 0.1) is 8.74 Å². The van der Waals surface area contributed by atoms with Crippen molar-refractivity contribution >= 4 is 25.3 Å². The standard InChI is InChI=1S/C9H11ClOS/c1-3-8-5-4-6-9(7-8)12(2,10)11/h3-4,6-7H,2,5H2,1H3/b8-3-. The first kappa shape index (κ1) is 9.62. The van der Waals surface area contributed by atoms with Gasteiger partial charge in [0.2, 0.25) is 0 Å². The third-order valence-corrected chi connectivity index (χ3v) is 3.18. The van der Waals surface area contributed by atoms with Gasteiger partial charge in [0.25, 0.3) is 0 Å². The number of hydrogen-bond donors (Lipinski definition) is 0. The molecule has 1 nitrogen and oxygen atoms in total. The summed E-state index contributed by atoms with van der Waals surface area (Å²) in [7, 11) is 3.04. The molecule has 1 atom stereocenters. The van der Waals surface area contributed by atoms with E-state index in [1.165, 1.54) is 0 Å². The minimum atomic E-state index is -2.56. The molecule has 0 saturated carbocycles. The van der Waals surface area contributed by atoms with Gasteiger partial charge in [-0.3, -0.25) is 0 Å². The van der Waals surface area contributed by atoms with E-state index in [2.05, 4.69) is 5.87 Å². The Balaban J connectivity index is 3.09. The fourth-order valence-corrected chi connectivity index (χ4v) is 1.91. The maximum absolute atomic E-state index is 11.3. The maximum Gasteiger partial charge on any atom is 0.0759 e. The Labute approximate surface area is 77.9 Å². The number of hydrogen-bond acceptors (Lipinski definition) is 1. The quantitative estimate of drug-likeness (QED) is 0.472. The van der Waals surface area contributed by atoms with Crippen LogP contribution in [0.25, 0.3) is 0 Å². The van der Waals surface area contributed by atoms with Crippen LogP contribution in [0.4, 0.5) is 0 Å². The van der Waals surface area contributed by atoms with Crippen LogP contribution in [0.15, 0.2) is 34.8 Å². The predicted octanol–water partition coefficient (Wildman–Crippen LogP) is 2.65. The fourth-order valence-electron chi connectivity index (χ4n) is 0.992. The molecule has 0 saturated heterocycles. The molecular formula is C9H11ClOS. The number of rotatable bonds is 1. The molecule has 0 bridgehead atoms. The maximum atomic E-state index is 11.3. The van der Waals surface area contributed by atoms with Crippen LogP contribution in [0, 0.1) is 0 Å². The van der Waals surface area contributed by atoms with Gasteiger partial charge in [0.1, 0.15) is 0 Å². The molecule has 3 heteroatoms. The summed E-state index contributed by atoms with van der Waals surface area (Å²) in [6, 6.07) is 0. The van der Waals surface area contributed by atoms with Crippen LogP contribution in [-0.4, -0.2) is 10.1 Å². The highest BCUT2D eigenvalue weighted by atomic mass is 35.7. The van der Waals surface area contributed by atoms with Gasteiger partial charge in [-0.1, -0.05) is 12.2 Å². The number of allylic oxidation sites excluding steroid dienone is 5. The minimum absolute atomic E-state index is 0.614. The van der Waals surface area contributed by atoms with E-state index < -0.39 is 8.74 Å². The molecule has 0 N–H and O–H groups in total. The van der Waals surface area contributed by atoms with Crippen molar-refractivity contribution in [1.29, 1.82) is 0 Å². The Morgan fingerprint density at radius 1 is 1.75 bits per heavy atom. The minimum Gasteiger partial charge on any atom is -0.248 e. The zero-order valence-corrected chi connectivity index (χ0v) is 8.49. The van der Waals surface area contributed by atoms with Crippen LogP contribution >= 0.6 is 10.7 Å². The zero-order valence-electron chi connectivity index (χ0n) is 6.92. The molecule has 0 aromatic rings. The van der Waals surface area contributed by atoms with Crippen molar-refractivity contribution in [2.75, 3.05) is 0 Å². The van der Waals surface area contributed by atoms with Gasteiger partial charge in [-0.15, -0.1) is 0 Å². The lowest BCUT2D eigenvalue weighted by Gasteiger charge is -2.08. The third kappa shape index (κ3) is 2.26. The zero-order chi connectivity index (χ0) is 9.19. The van der Waals surface area contributed by atoms with E-state index >= 15 is 0 Å². The normalized spacial score (nSPS) is 25.2. The molecule has 0 aromatic carbocycles. The summed E-state index contributed by atoms with van der Waals surface area (Å²) in [4.78, 5) is 0.614. The van der Waals surface area contributed by atoms with Crippen molar-refractivity contribution < 1.29 is 4.21 Å². The van der Waals surface area contributed by atoms with E-state index in [-0.39, 0.29) is 0 Å². The lowest BCUT2D eigenvalue weighted by molar-refractivity contribution is 0.693. The Morgan fingerprint density at radius 3 is 2.92 bits per heavy atom. The highest BCUT2D eigenvalue weighted by molar-refractivity contribution is 8.24. The summed E-state index contributed by atoms with van der Waals surface area (Å²) >= 11 is 0. The average molecular weight is 203 g/mol. The van der Waals surface area contributed by atoms with Crippen molar-refractivity contribution in [1.82, 2.24) is 0 Å². The first-order valence-electron chi connectivity index (χ1n) is 3.64. The molecule has 1 aliphatic rings. The summed E-state index contributed by atoms with van der Waals surface area (Å²) in [6.07, 6.45) is 8.41. The van der Waals surface area contributed by atoms with Crippen molar-refractivity contribution in [3.8, 4) is 0 Å². The lowest BCUT2D eigenvalue weighted by Crippen LogP contribution is -1.96. The number of halogens is 1. The average Bonchev–Trinajstić information content (AvgIpc) is 2.03. The van der Waals surface area contributed by atoms with Crippen molar-refractivity contribution in [2.24, 2.45) is 0 Å². The van der Waals surface area contributed by atoms with Gasteiger partial charge >= 0.3 is 0 Å². The highest BCUT2D eigenvalue weighted by Gasteiger charge is 2.07. The molecule has 0 spiro atoms. The fraction of sp³-hybridized carbons (Fsp3) is 0.222. The molecule has 0 aliphatic heterocycles.